The van der Waals surface area contributed by atoms with Gasteiger partial charge in [0.1, 0.15) is 0 Å². The van der Waals surface area contributed by atoms with Crippen LogP contribution >= 0.6 is 0 Å². The van der Waals surface area contributed by atoms with Crippen LogP contribution < -0.4 is 10.6 Å². The number of halogens is 2. The first-order chi connectivity index (χ1) is 13.5. The summed E-state index contributed by atoms with van der Waals surface area (Å²) in [6, 6.07) is 3.21. The van der Waals surface area contributed by atoms with E-state index < -0.39 is 12.5 Å². The minimum atomic E-state index is -2.35. The largest absolute Gasteiger partial charge is 0.349 e. The van der Waals surface area contributed by atoms with Crippen molar-refractivity contribution in [3.8, 4) is 0 Å². The van der Waals surface area contributed by atoms with Crippen molar-refractivity contribution < 1.29 is 13.6 Å². The molecule has 150 valence electrons. The van der Waals surface area contributed by atoms with E-state index in [0.717, 1.165) is 42.3 Å². The molecule has 1 unspecified atom stereocenters. The fourth-order valence-electron chi connectivity index (χ4n) is 3.88. The van der Waals surface area contributed by atoms with Gasteiger partial charge in [-0.25, -0.2) is 8.78 Å². The molecule has 2 saturated carbocycles. The van der Waals surface area contributed by atoms with E-state index in [4.69, 9.17) is 0 Å². The standard InChI is InChI=1S/C21H26F2N4O/c1-12(20(22)23)26-16-4-6-17(7-5-16)27-21(28)15-8-14-10-24-18(13-2-3-13)9-19(14)25-11-15/h8-13,16-17,20,26H,2-7H2,1H3,(H,27,28). The van der Waals surface area contributed by atoms with Gasteiger partial charge in [0.05, 0.1) is 17.1 Å². The van der Waals surface area contributed by atoms with Crippen molar-refractivity contribution in [2.24, 2.45) is 0 Å². The van der Waals surface area contributed by atoms with Gasteiger partial charge < -0.3 is 10.6 Å². The van der Waals surface area contributed by atoms with Gasteiger partial charge >= 0.3 is 0 Å². The van der Waals surface area contributed by atoms with Crippen molar-refractivity contribution >= 4 is 16.8 Å². The van der Waals surface area contributed by atoms with Crippen LogP contribution in [0.4, 0.5) is 8.78 Å². The number of nitrogens with zero attached hydrogens (tertiary/aromatic N) is 2. The Morgan fingerprint density at radius 3 is 2.43 bits per heavy atom. The molecule has 0 saturated heterocycles. The summed E-state index contributed by atoms with van der Waals surface area (Å²) in [6.45, 7) is 1.51. The topological polar surface area (TPSA) is 66.9 Å². The number of pyridine rings is 2. The van der Waals surface area contributed by atoms with Gasteiger partial charge in [-0.2, -0.15) is 0 Å². The van der Waals surface area contributed by atoms with Crippen molar-refractivity contribution in [2.45, 2.75) is 75.9 Å². The van der Waals surface area contributed by atoms with Gasteiger partial charge in [0, 0.05) is 41.5 Å². The quantitative estimate of drug-likeness (QED) is 0.790. The third kappa shape index (κ3) is 4.46. The second kappa shape index (κ2) is 8.07. The summed E-state index contributed by atoms with van der Waals surface area (Å²) in [7, 11) is 0. The third-order valence-electron chi connectivity index (χ3n) is 5.78. The highest BCUT2D eigenvalue weighted by molar-refractivity contribution is 5.97. The molecule has 28 heavy (non-hydrogen) atoms. The van der Waals surface area contributed by atoms with Crippen LogP contribution in [0.2, 0.25) is 0 Å². The number of nitrogens with one attached hydrogen (secondary N) is 2. The van der Waals surface area contributed by atoms with E-state index in [1.54, 1.807) is 12.4 Å². The zero-order chi connectivity index (χ0) is 19.7. The molecular weight excluding hydrogens is 362 g/mol. The average molecular weight is 388 g/mol. The van der Waals surface area contributed by atoms with Crippen LogP contribution in [0.3, 0.4) is 0 Å². The van der Waals surface area contributed by atoms with E-state index in [1.165, 1.54) is 19.8 Å². The molecule has 2 aromatic heterocycles. The van der Waals surface area contributed by atoms with Gasteiger partial charge in [-0.05, 0) is 57.6 Å². The van der Waals surface area contributed by atoms with Crippen LogP contribution in [0.5, 0.6) is 0 Å². The number of hydrogen-bond donors (Lipinski definition) is 2. The zero-order valence-electron chi connectivity index (χ0n) is 16.0. The van der Waals surface area contributed by atoms with Crippen molar-refractivity contribution in [1.82, 2.24) is 20.6 Å². The number of fused-ring (bicyclic) bond motifs is 1. The average Bonchev–Trinajstić information content (AvgIpc) is 3.54. The first-order valence-electron chi connectivity index (χ1n) is 10.1. The van der Waals surface area contributed by atoms with E-state index >= 15 is 0 Å². The number of amides is 1. The number of alkyl halides is 2. The fourth-order valence-corrected chi connectivity index (χ4v) is 3.88. The predicted octanol–water partition coefficient (Wildman–Crippen LogP) is 3.79. The van der Waals surface area contributed by atoms with Crippen molar-refractivity contribution in [2.75, 3.05) is 0 Å². The maximum absolute atomic E-state index is 12.7. The van der Waals surface area contributed by atoms with Crippen molar-refractivity contribution in [3.05, 3.63) is 35.8 Å². The molecule has 5 nitrogen and oxygen atoms in total. The second-order valence-electron chi connectivity index (χ2n) is 8.11. The summed E-state index contributed by atoms with van der Waals surface area (Å²) < 4.78 is 25.3. The van der Waals surface area contributed by atoms with Gasteiger partial charge in [-0.3, -0.25) is 14.8 Å². The molecule has 1 atom stereocenters. The molecule has 2 aromatic rings. The van der Waals surface area contributed by atoms with Crippen LogP contribution in [-0.4, -0.2) is 40.4 Å². The molecule has 2 fully saturated rings. The van der Waals surface area contributed by atoms with Crippen molar-refractivity contribution in [1.29, 1.82) is 0 Å². The van der Waals surface area contributed by atoms with Gasteiger partial charge in [-0.1, -0.05) is 0 Å². The highest BCUT2D eigenvalue weighted by Gasteiger charge is 2.27. The zero-order valence-corrected chi connectivity index (χ0v) is 16.0. The second-order valence-corrected chi connectivity index (χ2v) is 8.11. The van der Waals surface area contributed by atoms with Crippen LogP contribution in [0.25, 0.3) is 10.9 Å². The number of carbonyl (C=O) groups is 1. The van der Waals surface area contributed by atoms with E-state index in [1.807, 2.05) is 12.1 Å². The number of carbonyl (C=O) groups excluding carboxylic acids is 1. The molecule has 1 amide bonds. The molecule has 0 radical (unpaired) electrons. The lowest BCUT2D eigenvalue weighted by Crippen LogP contribution is -2.46. The van der Waals surface area contributed by atoms with Crippen molar-refractivity contribution in [3.63, 3.8) is 0 Å². The van der Waals surface area contributed by atoms with Gasteiger partial charge in [0.25, 0.3) is 12.3 Å². The lowest BCUT2D eigenvalue weighted by atomic mass is 9.90. The van der Waals surface area contributed by atoms with E-state index in [-0.39, 0.29) is 18.0 Å². The summed E-state index contributed by atoms with van der Waals surface area (Å²) in [5.74, 6) is 0.431. The SMILES string of the molecule is CC(NC1CCC(NC(=O)c2cnc3cc(C4CC4)ncc3c2)CC1)C(F)F. The molecule has 2 N–H and O–H groups in total. The fraction of sp³-hybridized carbons (Fsp3) is 0.571. The minimum absolute atomic E-state index is 0.0680. The molecule has 0 aliphatic heterocycles. The first-order valence-corrected chi connectivity index (χ1v) is 10.1. The Hall–Kier alpha value is -2.15. The Morgan fingerprint density at radius 1 is 1.04 bits per heavy atom. The van der Waals surface area contributed by atoms with E-state index in [9.17, 15) is 13.6 Å². The van der Waals surface area contributed by atoms with Crippen LogP contribution in [0.15, 0.2) is 24.5 Å². The first kappa shape index (κ1) is 19.2. The summed E-state index contributed by atoms with van der Waals surface area (Å²) >= 11 is 0. The molecule has 2 aliphatic rings. The normalized spacial score (nSPS) is 23.7. The van der Waals surface area contributed by atoms with Gasteiger partial charge in [0.2, 0.25) is 0 Å². The summed E-state index contributed by atoms with van der Waals surface area (Å²) in [5, 5.41) is 6.91. The lowest BCUT2D eigenvalue weighted by molar-refractivity contribution is 0.0894. The molecular formula is C21H26F2N4O. The molecule has 0 bridgehead atoms. The molecule has 0 aromatic carbocycles. The Morgan fingerprint density at radius 2 is 1.75 bits per heavy atom. The van der Waals surface area contributed by atoms with E-state index in [0.29, 0.717) is 11.5 Å². The van der Waals surface area contributed by atoms with Crippen LogP contribution in [0.1, 0.15) is 67.4 Å². The maximum atomic E-state index is 12.7. The summed E-state index contributed by atoms with van der Waals surface area (Å²) in [6.07, 6.45) is 6.58. The Kier molecular flexibility index (Phi) is 5.53. The number of hydrogen-bond acceptors (Lipinski definition) is 4. The maximum Gasteiger partial charge on any atom is 0.253 e. The molecule has 2 aliphatic carbocycles. The van der Waals surface area contributed by atoms with E-state index in [2.05, 4.69) is 20.6 Å². The Labute approximate surface area is 163 Å². The summed E-state index contributed by atoms with van der Waals surface area (Å²) in [4.78, 5) is 21.5. The third-order valence-corrected chi connectivity index (χ3v) is 5.78. The predicted molar refractivity (Wildman–Crippen MR) is 104 cm³/mol. The molecule has 7 heteroatoms. The molecule has 2 heterocycles. The summed E-state index contributed by atoms with van der Waals surface area (Å²) in [5.41, 5.74) is 2.48. The van der Waals surface area contributed by atoms with Gasteiger partial charge in [0.15, 0.2) is 0 Å². The molecule has 4 rings (SSSR count). The lowest BCUT2D eigenvalue weighted by Gasteiger charge is -2.31. The van der Waals surface area contributed by atoms with Crippen LogP contribution in [0, 0.1) is 0 Å². The highest BCUT2D eigenvalue weighted by atomic mass is 19.3. The number of rotatable bonds is 6. The number of aromatic nitrogens is 2. The Bertz CT molecular complexity index is 847. The minimum Gasteiger partial charge on any atom is -0.349 e. The smallest absolute Gasteiger partial charge is 0.253 e. The highest BCUT2D eigenvalue weighted by Crippen LogP contribution is 2.39. The Balaban J connectivity index is 1.33. The van der Waals surface area contributed by atoms with Gasteiger partial charge in [-0.15, -0.1) is 0 Å². The monoisotopic (exact) mass is 388 g/mol. The molecule has 0 spiro atoms. The van der Waals surface area contributed by atoms with Crippen LogP contribution in [-0.2, 0) is 0 Å².